The van der Waals surface area contributed by atoms with Crippen LogP contribution in [0.3, 0.4) is 0 Å². The molecule has 0 fully saturated rings. The van der Waals surface area contributed by atoms with Gasteiger partial charge in [0.15, 0.2) is 5.96 Å². The highest BCUT2D eigenvalue weighted by Crippen LogP contribution is 2.19. The summed E-state index contributed by atoms with van der Waals surface area (Å²) >= 11 is 6.00. The van der Waals surface area contributed by atoms with Gasteiger partial charge in [-0.3, -0.25) is 4.99 Å². The molecule has 0 aliphatic rings. The summed E-state index contributed by atoms with van der Waals surface area (Å²) in [4.78, 5) is 8.55. The smallest absolute Gasteiger partial charge is 0.246 e. The van der Waals surface area contributed by atoms with Gasteiger partial charge in [-0.2, -0.15) is 4.98 Å². The van der Waals surface area contributed by atoms with Crippen LogP contribution in [0, 0.1) is 0 Å². The normalized spacial score (nSPS) is 12.2. The molecule has 0 saturated carbocycles. The van der Waals surface area contributed by atoms with Gasteiger partial charge in [-0.05, 0) is 17.7 Å². The van der Waals surface area contributed by atoms with E-state index in [0.717, 1.165) is 11.1 Å². The quantitative estimate of drug-likeness (QED) is 0.248. The molecule has 0 aliphatic carbocycles. The summed E-state index contributed by atoms with van der Waals surface area (Å²) in [5, 5.41) is 20.6. The summed E-state index contributed by atoms with van der Waals surface area (Å²) in [6.45, 7) is 0.904. The van der Waals surface area contributed by atoms with Crippen molar-refractivity contribution in [3.63, 3.8) is 0 Å². The minimum Gasteiger partial charge on any atom is -0.396 e. The van der Waals surface area contributed by atoms with Crippen LogP contribution in [0.2, 0.25) is 5.02 Å². The van der Waals surface area contributed by atoms with E-state index >= 15 is 0 Å². The molecule has 1 unspecified atom stereocenters. The summed E-state index contributed by atoms with van der Waals surface area (Å²) in [5.74, 6) is 1.46. The van der Waals surface area contributed by atoms with Crippen LogP contribution in [-0.4, -0.2) is 41.4 Å². The Morgan fingerprint density at radius 1 is 1.17 bits per heavy atom. The molecule has 1 aromatic heterocycles. The number of rotatable bonds is 7. The Kier molecular flexibility index (Phi) is 9.36. The first kappa shape index (κ1) is 23.1. The molecule has 9 heteroatoms. The molecular formula is C20H23ClIN5O2. The third kappa shape index (κ3) is 6.69. The zero-order chi connectivity index (χ0) is 19.8. The third-order valence-corrected chi connectivity index (χ3v) is 4.42. The number of aliphatic imine (C=N–C) groups is 1. The standard InChI is InChI=1S/C20H22ClN5O2.HI/c1-22-20(23-11-16(13-27)14-6-3-2-4-7-14)24-12-18-25-19(26-28-18)15-8-5-9-17(21)10-15;/h2-10,16,27H,11-13H2,1H3,(H2,22,23,24);1H. The summed E-state index contributed by atoms with van der Waals surface area (Å²) in [7, 11) is 1.68. The number of aromatic nitrogens is 2. The fraction of sp³-hybridized carbons (Fsp3) is 0.250. The van der Waals surface area contributed by atoms with Crippen LogP contribution in [-0.2, 0) is 6.54 Å². The maximum absolute atomic E-state index is 9.66. The molecule has 0 aliphatic heterocycles. The van der Waals surface area contributed by atoms with Gasteiger partial charge in [-0.1, -0.05) is 59.2 Å². The Morgan fingerprint density at radius 2 is 1.97 bits per heavy atom. The van der Waals surface area contributed by atoms with Crippen LogP contribution in [0.1, 0.15) is 17.4 Å². The predicted molar refractivity (Wildman–Crippen MR) is 125 cm³/mol. The number of aliphatic hydroxyl groups excluding tert-OH is 1. The van der Waals surface area contributed by atoms with Gasteiger partial charge in [-0.15, -0.1) is 24.0 Å². The van der Waals surface area contributed by atoms with Gasteiger partial charge in [0, 0.05) is 30.1 Å². The van der Waals surface area contributed by atoms with Crippen molar-refractivity contribution in [1.29, 1.82) is 0 Å². The first-order chi connectivity index (χ1) is 13.7. The zero-order valence-electron chi connectivity index (χ0n) is 15.9. The minimum atomic E-state index is -0.0300. The van der Waals surface area contributed by atoms with Crippen LogP contribution in [0.4, 0.5) is 0 Å². The first-order valence-corrected chi connectivity index (χ1v) is 9.26. The van der Waals surface area contributed by atoms with Crippen molar-refractivity contribution in [2.75, 3.05) is 20.2 Å². The van der Waals surface area contributed by atoms with Crippen LogP contribution < -0.4 is 10.6 Å². The Hall–Kier alpha value is -2.17. The van der Waals surface area contributed by atoms with E-state index in [9.17, 15) is 5.11 Å². The number of benzene rings is 2. The second-order valence-electron chi connectivity index (χ2n) is 6.12. The van der Waals surface area contributed by atoms with E-state index in [1.807, 2.05) is 42.5 Å². The lowest BCUT2D eigenvalue weighted by atomic mass is 10.0. The summed E-state index contributed by atoms with van der Waals surface area (Å²) in [5.41, 5.74) is 1.86. The van der Waals surface area contributed by atoms with Gasteiger partial charge >= 0.3 is 0 Å². The van der Waals surface area contributed by atoms with Crippen molar-refractivity contribution in [3.8, 4) is 11.4 Å². The van der Waals surface area contributed by atoms with Gasteiger partial charge in [0.25, 0.3) is 0 Å². The summed E-state index contributed by atoms with van der Waals surface area (Å²) < 4.78 is 5.28. The SMILES string of the molecule is CN=C(NCc1nc(-c2cccc(Cl)c2)no1)NCC(CO)c1ccccc1.I. The fourth-order valence-electron chi connectivity index (χ4n) is 2.68. The lowest BCUT2D eigenvalue weighted by Crippen LogP contribution is -2.39. The highest BCUT2D eigenvalue weighted by atomic mass is 127. The van der Waals surface area contributed by atoms with E-state index in [1.165, 1.54) is 0 Å². The van der Waals surface area contributed by atoms with Crippen molar-refractivity contribution in [1.82, 2.24) is 20.8 Å². The molecule has 0 bridgehead atoms. The van der Waals surface area contributed by atoms with Crippen LogP contribution >= 0.6 is 35.6 Å². The molecule has 3 N–H and O–H groups in total. The molecule has 3 aromatic rings. The van der Waals surface area contributed by atoms with E-state index in [0.29, 0.717) is 35.8 Å². The number of hydrogen-bond acceptors (Lipinski definition) is 5. The Bertz CT molecular complexity index is 920. The molecule has 154 valence electrons. The molecule has 0 amide bonds. The second kappa shape index (κ2) is 11.7. The Morgan fingerprint density at radius 3 is 2.66 bits per heavy atom. The second-order valence-corrected chi connectivity index (χ2v) is 6.56. The van der Waals surface area contributed by atoms with Crippen molar-refractivity contribution < 1.29 is 9.63 Å². The molecule has 1 heterocycles. The molecule has 0 spiro atoms. The van der Waals surface area contributed by atoms with Crippen molar-refractivity contribution in [3.05, 3.63) is 71.1 Å². The first-order valence-electron chi connectivity index (χ1n) is 8.88. The molecule has 3 rings (SSSR count). The average Bonchev–Trinajstić information content (AvgIpc) is 3.20. The molecule has 2 aromatic carbocycles. The van der Waals surface area contributed by atoms with Gasteiger partial charge in [-0.25, -0.2) is 0 Å². The molecule has 7 nitrogen and oxygen atoms in total. The van der Waals surface area contributed by atoms with E-state index < -0.39 is 0 Å². The van der Waals surface area contributed by atoms with E-state index in [1.54, 1.807) is 19.2 Å². The maximum Gasteiger partial charge on any atom is 0.246 e. The maximum atomic E-state index is 9.66. The average molecular weight is 528 g/mol. The fourth-order valence-corrected chi connectivity index (χ4v) is 2.87. The van der Waals surface area contributed by atoms with E-state index in [4.69, 9.17) is 16.1 Å². The molecule has 1 atom stereocenters. The highest BCUT2D eigenvalue weighted by molar-refractivity contribution is 14.0. The third-order valence-electron chi connectivity index (χ3n) is 4.19. The molecule has 0 radical (unpaired) electrons. The zero-order valence-corrected chi connectivity index (χ0v) is 19.0. The van der Waals surface area contributed by atoms with Gasteiger partial charge in [0.2, 0.25) is 11.7 Å². The molecular weight excluding hydrogens is 505 g/mol. The number of aliphatic hydroxyl groups is 1. The monoisotopic (exact) mass is 527 g/mol. The van der Waals surface area contributed by atoms with Gasteiger partial charge in [0.1, 0.15) is 0 Å². The molecule has 29 heavy (non-hydrogen) atoms. The largest absolute Gasteiger partial charge is 0.396 e. The summed E-state index contributed by atoms with van der Waals surface area (Å²) in [6, 6.07) is 17.1. The Labute approximate surface area is 191 Å². The number of nitrogens with zero attached hydrogens (tertiary/aromatic N) is 3. The number of halogens is 2. The highest BCUT2D eigenvalue weighted by Gasteiger charge is 2.12. The van der Waals surface area contributed by atoms with Crippen molar-refractivity contribution in [2.24, 2.45) is 4.99 Å². The lowest BCUT2D eigenvalue weighted by molar-refractivity contribution is 0.265. The number of nitrogens with one attached hydrogen (secondary N) is 2. The lowest BCUT2D eigenvalue weighted by Gasteiger charge is -2.17. The van der Waals surface area contributed by atoms with E-state index in [2.05, 4.69) is 25.8 Å². The van der Waals surface area contributed by atoms with Crippen LogP contribution in [0.25, 0.3) is 11.4 Å². The van der Waals surface area contributed by atoms with Gasteiger partial charge in [0.05, 0.1) is 13.2 Å². The van der Waals surface area contributed by atoms with Crippen LogP contribution in [0.5, 0.6) is 0 Å². The van der Waals surface area contributed by atoms with Crippen molar-refractivity contribution >= 4 is 41.5 Å². The minimum absolute atomic E-state index is 0. The van der Waals surface area contributed by atoms with Gasteiger partial charge < -0.3 is 20.3 Å². The van der Waals surface area contributed by atoms with E-state index in [-0.39, 0.29) is 36.5 Å². The molecule has 0 saturated heterocycles. The van der Waals surface area contributed by atoms with Crippen LogP contribution in [0.15, 0.2) is 64.1 Å². The topological polar surface area (TPSA) is 95.6 Å². The van der Waals surface area contributed by atoms with Crippen molar-refractivity contribution in [2.45, 2.75) is 12.5 Å². The Balaban J connectivity index is 0.00000300. The number of guanidine groups is 1. The summed E-state index contributed by atoms with van der Waals surface area (Å²) in [6.07, 6.45) is 0. The predicted octanol–water partition coefficient (Wildman–Crippen LogP) is 3.45. The number of hydrogen-bond donors (Lipinski definition) is 3.